The number of benzene rings is 2. The number of aromatic carboxylic acids is 1. The molecule has 0 amide bonds. The van der Waals surface area contributed by atoms with E-state index in [0.29, 0.717) is 33.2 Å². The van der Waals surface area contributed by atoms with Crippen LogP contribution in [0.3, 0.4) is 0 Å². The van der Waals surface area contributed by atoms with Crippen LogP contribution in [0.15, 0.2) is 36.4 Å². The normalized spacial score (nSPS) is 11.1. The predicted molar refractivity (Wildman–Crippen MR) is 93.2 cm³/mol. The van der Waals surface area contributed by atoms with Crippen molar-refractivity contribution in [1.82, 2.24) is 4.98 Å². The van der Waals surface area contributed by atoms with Crippen molar-refractivity contribution in [3.05, 3.63) is 58.5 Å². The Morgan fingerprint density at radius 1 is 1.26 bits per heavy atom. The quantitative estimate of drug-likeness (QED) is 0.591. The van der Waals surface area contributed by atoms with Gasteiger partial charge in [0.1, 0.15) is 11.5 Å². The van der Waals surface area contributed by atoms with Gasteiger partial charge in [-0.15, -0.1) is 0 Å². The molecule has 0 aliphatic heterocycles. The topological polar surface area (TPSA) is 53.1 Å². The molecule has 0 bridgehead atoms. The van der Waals surface area contributed by atoms with Crippen LogP contribution in [0, 0.1) is 5.82 Å². The van der Waals surface area contributed by atoms with E-state index in [0.717, 1.165) is 5.56 Å². The fourth-order valence-electron chi connectivity index (χ4n) is 2.77. The lowest BCUT2D eigenvalue weighted by Crippen LogP contribution is -2.00. The van der Waals surface area contributed by atoms with Crippen LogP contribution < -0.4 is 0 Å². The number of aryl methyl sites for hydroxylation is 1. The number of carboxylic acid groups (broad SMARTS) is 1. The molecule has 1 heterocycles. The van der Waals surface area contributed by atoms with Crippen LogP contribution in [0.1, 0.15) is 16.1 Å². The van der Waals surface area contributed by atoms with Crippen molar-refractivity contribution in [2.24, 2.45) is 0 Å². The molecule has 0 fully saturated rings. The van der Waals surface area contributed by atoms with E-state index in [4.69, 9.17) is 11.6 Å². The Morgan fingerprint density at radius 3 is 2.65 bits per heavy atom. The minimum atomic E-state index is -1.14. The van der Waals surface area contributed by atoms with E-state index in [1.165, 1.54) is 6.07 Å². The van der Waals surface area contributed by atoms with Gasteiger partial charge in [-0.05, 0) is 30.2 Å². The second-order valence-electron chi connectivity index (χ2n) is 5.05. The van der Waals surface area contributed by atoms with Gasteiger partial charge in [-0.1, -0.05) is 45.7 Å². The number of alkyl halides is 1. The highest BCUT2D eigenvalue weighted by atomic mass is 79.9. The highest BCUT2D eigenvalue weighted by Gasteiger charge is 2.23. The molecule has 2 aromatic carbocycles. The molecule has 3 nitrogen and oxygen atoms in total. The molecule has 0 aliphatic rings. The second kappa shape index (κ2) is 6.34. The number of carboxylic acids is 1. The molecule has 0 atom stereocenters. The molecule has 0 saturated carbocycles. The number of fused-ring (bicyclic) bond motifs is 1. The average molecular weight is 397 g/mol. The summed E-state index contributed by atoms with van der Waals surface area (Å²) in [6, 6.07) is 9.57. The lowest BCUT2D eigenvalue weighted by Gasteiger charge is -2.09. The number of carbonyl (C=O) groups is 1. The lowest BCUT2D eigenvalue weighted by molar-refractivity contribution is 0.0692. The van der Waals surface area contributed by atoms with Crippen LogP contribution in [0.2, 0.25) is 5.02 Å². The highest BCUT2D eigenvalue weighted by molar-refractivity contribution is 9.09. The number of nitrogens with one attached hydrogen (secondary N) is 1. The fourth-order valence-corrected chi connectivity index (χ4v) is 3.42. The third-order valence-electron chi connectivity index (χ3n) is 3.72. The summed E-state index contributed by atoms with van der Waals surface area (Å²) in [7, 11) is 0. The number of aromatic amines is 1. The Hall–Kier alpha value is -1.85. The molecule has 1 aromatic heterocycles. The number of hydrogen-bond donors (Lipinski definition) is 2. The Kier molecular flexibility index (Phi) is 4.41. The molecule has 3 aromatic rings. The number of rotatable bonds is 4. The zero-order valence-corrected chi connectivity index (χ0v) is 14.2. The van der Waals surface area contributed by atoms with Gasteiger partial charge >= 0.3 is 5.97 Å². The van der Waals surface area contributed by atoms with Gasteiger partial charge in [-0.25, -0.2) is 9.18 Å². The van der Waals surface area contributed by atoms with Crippen LogP contribution >= 0.6 is 27.5 Å². The van der Waals surface area contributed by atoms with Gasteiger partial charge in [0, 0.05) is 32.4 Å². The van der Waals surface area contributed by atoms with Crippen molar-refractivity contribution < 1.29 is 14.3 Å². The molecule has 0 spiro atoms. The standard InChI is InChI=1S/C17H12BrClFNO2/c18-8-7-9-11(19)5-6-13-14(9)15(16(21-13)17(22)23)10-3-1-2-4-12(10)20/h1-6,21H,7-8H2,(H,22,23). The smallest absolute Gasteiger partial charge is 0.352 e. The Balaban J connectivity index is 2.46. The van der Waals surface area contributed by atoms with Crippen LogP contribution in [0.5, 0.6) is 0 Å². The minimum Gasteiger partial charge on any atom is -0.477 e. The molecule has 6 heteroatoms. The summed E-state index contributed by atoms with van der Waals surface area (Å²) in [4.78, 5) is 14.5. The number of aromatic nitrogens is 1. The van der Waals surface area contributed by atoms with Gasteiger partial charge < -0.3 is 10.1 Å². The van der Waals surface area contributed by atoms with Crippen LogP contribution in [0.4, 0.5) is 4.39 Å². The molecular formula is C17H12BrClFNO2. The van der Waals surface area contributed by atoms with Crippen molar-refractivity contribution in [3.8, 4) is 11.1 Å². The predicted octanol–water partition coefficient (Wildman–Crippen LogP) is 5.26. The zero-order chi connectivity index (χ0) is 16.6. The maximum absolute atomic E-state index is 14.3. The Labute approximate surface area is 145 Å². The number of halogens is 3. The minimum absolute atomic E-state index is 0.0387. The van der Waals surface area contributed by atoms with Gasteiger partial charge in [-0.2, -0.15) is 0 Å². The summed E-state index contributed by atoms with van der Waals surface area (Å²) < 4.78 is 14.3. The van der Waals surface area contributed by atoms with Crippen LogP contribution in [0.25, 0.3) is 22.0 Å². The molecule has 0 aliphatic carbocycles. The molecule has 0 radical (unpaired) electrons. The fraction of sp³-hybridized carbons (Fsp3) is 0.118. The Morgan fingerprint density at radius 2 is 2.00 bits per heavy atom. The summed E-state index contributed by atoms with van der Waals surface area (Å²) in [5, 5.41) is 11.4. The van der Waals surface area contributed by atoms with Gasteiger partial charge in [0.05, 0.1) is 0 Å². The first-order valence-corrected chi connectivity index (χ1v) is 8.41. The van der Waals surface area contributed by atoms with Crippen molar-refractivity contribution in [2.75, 3.05) is 5.33 Å². The molecule has 118 valence electrons. The number of H-pyrrole nitrogens is 1. The summed E-state index contributed by atoms with van der Waals surface area (Å²) in [5.41, 5.74) is 1.96. The third kappa shape index (κ3) is 2.75. The second-order valence-corrected chi connectivity index (χ2v) is 6.25. The first-order chi connectivity index (χ1) is 11.0. The molecule has 0 saturated heterocycles. The maximum Gasteiger partial charge on any atom is 0.352 e. The van der Waals surface area contributed by atoms with Crippen LogP contribution in [-0.4, -0.2) is 21.4 Å². The molecular weight excluding hydrogens is 385 g/mol. The zero-order valence-electron chi connectivity index (χ0n) is 11.9. The lowest BCUT2D eigenvalue weighted by atomic mass is 9.97. The molecule has 2 N–H and O–H groups in total. The Bertz CT molecular complexity index is 907. The summed E-state index contributed by atoms with van der Waals surface area (Å²) >= 11 is 9.67. The van der Waals surface area contributed by atoms with Gasteiger partial charge in [0.25, 0.3) is 0 Å². The van der Waals surface area contributed by atoms with Gasteiger partial charge in [0.2, 0.25) is 0 Å². The molecule has 23 heavy (non-hydrogen) atoms. The van der Waals surface area contributed by atoms with Gasteiger partial charge in [-0.3, -0.25) is 0 Å². The van der Waals surface area contributed by atoms with E-state index >= 15 is 0 Å². The van der Waals surface area contributed by atoms with Crippen molar-refractivity contribution >= 4 is 44.4 Å². The largest absolute Gasteiger partial charge is 0.477 e. The van der Waals surface area contributed by atoms with Crippen molar-refractivity contribution in [3.63, 3.8) is 0 Å². The maximum atomic E-state index is 14.3. The monoisotopic (exact) mass is 395 g/mol. The summed E-state index contributed by atoms with van der Waals surface area (Å²) in [6.07, 6.45) is 0.606. The highest BCUT2D eigenvalue weighted by Crippen LogP contribution is 2.38. The van der Waals surface area contributed by atoms with Crippen molar-refractivity contribution in [2.45, 2.75) is 6.42 Å². The third-order valence-corrected chi connectivity index (χ3v) is 4.47. The average Bonchev–Trinajstić information content (AvgIpc) is 2.90. The first kappa shape index (κ1) is 16.0. The first-order valence-electron chi connectivity index (χ1n) is 6.91. The summed E-state index contributed by atoms with van der Waals surface area (Å²) in [5.74, 6) is -1.61. The van der Waals surface area contributed by atoms with Crippen molar-refractivity contribution in [1.29, 1.82) is 0 Å². The van der Waals surface area contributed by atoms with E-state index in [-0.39, 0.29) is 11.3 Å². The van der Waals surface area contributed by atoms with Gasteiger partial charge in [0.15, 0.2) is 0 Å². The molecule has 3 rings (SSSR count). The van der Waals surface area contributed by atoms with E-state index in [1.807, 2.05) is 0 Å². The van der Waals surface area contributed by atoms with E-state index in [1.54, 1.807) is 30.3 Å². The van der Waals surface area contributed by atoms with Crippen LogP contribution in [-0.2, 0) is 6.42 Å². The SMILES string of the molecule is O=C(O)c1[nH]c2ccc(Cl)c(CCBr)c2c1-c1ccccc1F. The molecule has 0 unspecified atom stereocenters. The van der Waals surface area contributed by atoms with E-state index in [9.17, 15) is 14.3 Å². The summed E-state index contributed by atoms with van der Waals surface area (Å²) in [6.45, 7) is 0. The van der Waals surface area contributed by atoms with E-state index in [2.05, 4.69) is 20.9 Å². The number of hydrogen-bond acceptors (Lipinski definition) is 1. The van der Waals surface area contributed by atoms with E-state index < -0.39 is 11.8 Å².